The quantitative estimate of drug-likeness (QED) is 0.170. The van der Waals surface area contributed by atoms with E-state index in [4.69, 9.17) is 9.47 Å². The van der Waals surface area contributed by atoms with Gasteiger partial charge in [0.1, 0.15) is 12.1 Å². The molecule has 0 spiro atoms. The SMILES string of the molecule is CCOC(=O)c1c(C)n(-c2ccc(C)cc2)c2ccc(Oc3ncnc(N4CCCCC4)c3[N+](=O)[O-])cc12. The Labute approximate surface area is 220 Å². The highest BCUT2D eigenvalue weighted by atomic mass is 16.6. The summed E-state index contributed by atoms with van der Waals surface area (Å²) in [5, 5.41) is 12.7. The molecule has 4 aromatic rings. The average Bonchev–Trinajstić information content (AvgIpc) is 3.20. The molecule has 0 unspecified atom stereocenters. The number of ether oxygens (including phenoxy) is 2. The molecule has 1 fully saturated rings. The number of hydrogen-bond acceptors (Lipinski definition) is 8. The van der Waals surface area contributed by atoms with E-state index in [1.807, 2.05) is 53.6 Å². The van der Waals surface area contributed by atoms with Crippen molar-refractivity contribution in [2.24, 2.45) is 0 Å². The molecule has 1 aliphatic heterocycles. The molecule has 2 aromatic heterocycles. The van der Waals surface area contributed by atoms with Crippen molar-refractivity contribution in [3.05, 3.63) is 75.7 Å². The molecule has 0 N–H and O–H groups in total. The Hall–Kier alpha value is -4.47. The molecule has 2 aromatic carbocycles. The number of esters is 1. The summed E-state index contributed by atoms with van der Waals surface area (Å²) in [4.78, 5) is 34.8. The topological polar surface area (TPSA) is 113 Å². The van der Waals surface area contributed by atoms with Crippen LogP contribution in [0, 0.1) is 24.0 Å². The van der Waals surface area contributed by atoms with E-state index in [-0.39, 0.29) is 24.0 Å². The Bertz CT molecular complexity index is 1510. The minimum atomic E-state index is -0.500. The average molecular weight is 516 g/mol. The summed E-state index contributed by atoms with van der Waals surface area (Å²) in [5.74, 6) is -0.0134. The van der Waals surface area contributed by atoms with Crippen LogP contribution in [0.2, 0.25) is 0 Å². The number of anilines is 1. The van der Waals surface area contributed by atoms with Gasteiger partial charge in [-0.25, -0.2) is 9.78 Å². The molecule has 196 valence electrons. The zero-order chi connectivity index (χ0) is 26.8. The normalized spacial score (nSPS) is 13.5. The van der Waals surface area contributed by atoms with Crippen molar-refractivity contribution in [1.29, 1.82) is 0 Å². The number of hydrogen-bond donors (Lipinski definition) is 0. The van der Waals surface area contributed by atoms with Crippen LogP contribution in [-0.2, 0) is 4.74 Å². The standard InChI is InChI=1S/C28H29N5O5/c1-4-37-28(34)24-19(3)32(20-10-8-18(2)9-11-20)23-13-12-21(16-22(23)24)38-27-25(33(35)36)26(29-17-30-27)31-14-6-5-7-15-31/h8-13,16-17H,4-7,14-15H2,1-3H3. The van der Waals surface area contributed by atoms with Gasteiger partial charge in [0.05, 0.1) is 22.6 Å². The van der Waals surface area contributed by atoms with Crippen molar-refractivity contribution in [3.63, 3.8) is 0 Å². The molecule has 0 atom stereocenters. The largest absolute Gasteiger partial charge is 0.462 e. The van der Waals surface area contributed by atoms with Crippen LogP contribution in [0.25, 0.3) is 16.6 Å². The molecule has 1 aliphatic rings. The number of piperidine rings is 1. The zero-order valence-electron chi connectivity index (χ0n) is 21.6. The van der Waals surface area contributed by atoms with E-state index in [1.54, 1.807) is 19.1 Å². The van der Waals surface area contributed by atoms with E-state index < -0.39 is 10.9 Å². The van der Waals surface area contributed by atoms with E-state index >= 15 is 0 Å². The smallest absolute Gasteiger partial charge is 0.373 e. The molecule has 5 rings (SSSR count). The Balaban J connectivity index is 1.61. The van der Waals surface area contributed by atoms with Crippen molar-refractivity contribution in [2.45, 2.75) is 40.0 Å². The number of aryl methyl sites for hydroxylation is 1. The first-order valence-electron chi connectivity index (χ1n) is 12.7. The molecule has 0 amide bonds. The van der Waals surface area contributed by atoms with Crippen LogP contribution < -0.4 is 9.64 Å². The molecular formula is C28H29N5O5. The van der Waals surface area contributed by atoms with Crippen LogP contribution in [0.1, 0.15) is 47.8 Å². The number of aromatic nitrogens is 3. The number of benzene rings is 2. The van der Waals surface area contributed by atoms with Gasteiger partial charge in [-0.05, 0) is 70.4 Å². The third-order valence-corrected chi connectivity index (χ3v) is 6.77. The summed E-state index contributed by atoms with van der Waals surface area (Å²) >= 11 is 0. The molecule has 3 heterocycles. The molecule has 0 saturated carbocycles. The molecule has 0 bridgehead atoms. The van der Waals surface area contributed by atoms with Crippen LogP contribution in [0.5, 0.6) is 11.6 Å². The van der Waals surface area contributed by atoms with Crippen LogP contribution in [0.3, 0.4) is 0 Å². The molecule has 10 heteroatoms. The lowest BCUT2D eigenvalue weighted by Gasteiger charge is -2.27. The van der Waals surface area contributed by atoms with Gasteiger partial charge in [-0.3, -0.25) is 10.1 Å². The summed E-state index contributed by atoms with van der Waals surface area (Å²) in [7, 11) is 0. The first kappa shape index (κ1) is 25.2. The van der Waals surface area contributed by atoms with E-state index in [2.05, 4.69) is 9.97 Å². The highest BCUT2D eigenvalue weighted by molar-refractivity contribution is 6.07. The predicted molar refractivity (Wildman–Crippen MR) is 144 cm³/mol. The van der Waals surface area contributed by atoms with Crippen molar-refractivity contribution in [1.82, 2.24) is 14.5 Å². The summed E-state index contributed by atoms with van der Waals surface area (Å²) < 4.78 is 13.4. The number of fused-ring (bicyclic) bond motifs is 1. The Morgan fingerprint density at radius 3 is 2.47 bits per heavy atom. The highest BCUT2D eigenvalue weighted by Gasteiger charge is 2.30. The lowest BCUT2D eigenvalue weighted by atomic mass is 10.1. The third kappa shape index (κ3) is 4.65. The summed E-state index contributed by atoms with van der Waals surface area (Å²) in [5.41, 5.74) is 3.68. The lowest BCUT2D eigenvalue weighted by Crippen LogP contribution is -2.30. The van der Waals surface area contributed by atoms with Crippen LogP contribution >= 0.6 is 0 Å². The zero-order valence-corrected chi connectivity index (χ0v) is 21.6. The van der Waals surface area contributed by atoms with Crippen molar-refractivity contribution < 1.29 is 19.2 Å². The van der Waals surface area contributed by atoms with Gasteiger partial charge in [0.2, 0.25) is 5.82 Å². The third-order valence-electron chi connectivity index (χ3n) is 6.77. The number of carbonyl (C=O) groups is 1. The molecule has 10 nitrogen and oxygen atoms in total. The van der Waals surface area contributed by atoms with Gasteiger partial charge >= 0.3 is 17.5 Å². The van der Waals surface area contributed by atoms with Crippen LogP contribution in [-0.4, -0.2) is 45.1 Å². The second-order valence-electron chi connectivity index (χ2n) is 9.29. The van der Waals surface area contributed by atoms with Gasteiger partial charge in [0, 0.05) is 29.9 Å². The minimum absolute atomic E-state index is 0.141. The fourth-order valence-corrected chi connectivity index (χ4v) is 4.99. The van der Waals surface area contributed by atoms with E-state index in [1.165, 1.54) is 6.33 Å². The molecular weight excluding hydrogens is 486 g/mol. The van der Waals surface area contributed by atoms with Gasteiger partial charge in [0.25, 0.3) is 0 Å². The molecule has 38 heavy (non-hydrogen) atoms. The first-order valence-corrected chi connectivity index (χ1v) is 12.7. The van der Waals surface area contributed by atoms with Gasteiger partial charge in [-0.15, -0.1) is 0 Å². The number of nitrogens with zero attached hydrogens (tertiary/aromatic N) is 5. The van der Waals surface area contributed by atoms with Crippen molar-refractivity contribution in [3.8, 4) is 17.3 Å². The maximum atomic E-state index is 13.0. The highest BCUT2D eigenvalue weighted by Crippen LogP contribution is 2.39. The van der Waals surface area contributed by atoms with Crippen molar-refractivity contribution in [2.75, 3.05) is 24.6 Å². The number of rotatable bonds is 7. The Morgan fingerprint density at radius 1 is 1.05 bits per heavy atom. The molecule has 0 aliphatic carbocycles. The van der Waals surface area contributed by atoms with Gasteiger partial charge < -0.3 is 18.9 Å². The van der Waals surface area contributed by atoms with Gasteiger partial charge in [0.15, 0.2) is 0 Å². The second-order valence-corrected chi connectivity index (χ2v) is 9.29. The Morgan fingerprint density at radius 2 is 1.79 bits per heavy atom. The maximum absolute atomic E-state index is 13.0. The molecule has 0 radical (unpaired) electrons. The fraction of sp³-hybridized carbons (Fsp3) is 0.321. The second kappa shape index (κ2) is 10.5. The lowest BCUT2D eigenvalue weighted by molar-refractivity contribution is -0.385. The number of carbonyl (C=O) groups excluding carboxylic acids is 1. The van der Waals surface area contributed by atoms with E-state index in [0.717, 1.165) is 41.7 Å². The van der Waals surface area contributed by atoms with Crippen molar-refractivity contribution >= 4 is 28.4 Å². The van der Waals surface area contributed by atoms with E-state index in [0.29, 0.717) is 29.8 Å². The summed E-state index contributed by atoms with van der Waals surface area (Å²) in [6.45, 7) is 7.26. The van der Waals surface area contributed by atoms with Gasteiger partial charge in [-0.2, -0.15) is 4.98 Å². The molecule has 1 saturated heterocycles. The van der Waals surface area contributed by atoms with E-state index in [9.17, 15) is 14.9 Å². The van der Waals surface area contributed by atoms with Crippen LogP contribution in [0.4, 0.5) is 11.5 Å². The summed E-state index contributed by atoms with van der Waals surface area (Å²) in [6, 6.07) is 13.3. The fourth-order valence-electron chi connectivity index (χ4n) is 4.99. The minimum Gasteiger partial charge on any atom is -0.462 e. The van der Waals surface area contributed by atoms with Crippen LogP contribution in [0.15, 0.2) is 48.8 Å². The monoisotopic (exact) mass is 515 g/mol. The van der Waals surface area contributed by atoms with Gasteiger partial charge in [-0.1, -0.05) is 17.7 Å². The summed E-state index contributed by atoms with van der Waals surface area (Å²) in [6.07, 6.45) is 4.26. The Kier molecular flexibility index (Phi) is 6.95. The first-order chi connectivity index (χ1) is 18.4. The number of nitro groups is 1. The maximum Gasteiger partial charge on any atom is 0.373 e. The predicted octanol–water partition coefficient (Wildman–Crippen LogP) is 5.90.